The smallest absolute Gasteiger partial charge is 0.337 e. The van der Waals surface area contributed by atoms with Crippen molar-refractivity contribution in [1.29, 1.82) is 0 Å². The van der Waals surface area contributed by atoms with Crippen molar-refractivity contribution in [3.63, 3.8) is 0 Å². The Morgan fingerprint density at radius 3 is 2.33 bits per heavy atom. The van der Waals surface area contributed by atoms with E-state index in [0.29, 0.717) is 22.7 Å². The number of thioether (sulfide) groups is 1. The van der Waals surface area contributed by atoms with Crippen molar-refractivity contribution in [3.8, 4) is 5.75 Å². The molecule has 3 rings (SSSR count). The number of anilines is 2. The van der Waals surface area contributed by atoms with Crippen molar-refractivity contribution in [3.05, 3.63) is 82.9 Å². The van der Waals surface area contributed by atoms with Gasteiger partial charge in [0.15, 0.2) is 0 Å². The van der Waals surface area contributed by atoms with Gasteiger partial charge in [0, 0.05) is 21.8 Å². The number of nitrogens with one attached hydrogen (secondary N) is 2. The first-order valence-electron chi connectivity index (χ1n) is 9.82. The minimum absolute atomic E-state index is 0.0879. The third kappa shape index (κ3) is 6.50. The lowest BCUT2D eigenvalue weighted by Gasteiger charge is -2.14. The summed E-state index contributed by atoms with van der Waals surface area (Å²) in [6.07, 6.45) is 0. The quantitative estimate of drug-likeness (QED) is 0.369. The summed E-state index contributed by atoms with van der Waals surface area (Å²) < 4.78 is 5.10. The van der Waals surface area contributed by atoms with Crippen LogP contribution in [-0.2, 0) is 4.79 Å². The summed E-state index contributed by atoms with van der Waals surface area (Å²) in [5.74, 6) is -1.07. The Labute approximate surface area is 200 Å². The van der Waals surface area contributed by atoms with E-state index in [2.05, 4.69) is 10.6 Å². The lowest BCUT2D eigenvalue weighted by molar-refractivity contribution is -0.115. The van der Waals surface area contributed by atoms with Crippen LogP contribution in [0, 0.1) is 0 Å². The fourth-order valence-corrected chi connectivity index (χ4v) is 3.99. The molecule has 3 aromatic rings. The Hall–Kier alpha value is -3.49. The van der Waals surface area contributed by atoms with Crippen molar-refractivity contribution in [2.24, 2.45) is 0 Å². The topological polar surface area (TPSA) is 105 Å². The first-order valence-corrected chi connectivity index (χ1v) is 11.1. The van der Waals surface area contributed by atoms with Gasteiger partial charge in [-0.2, -0.15) is 0 Å². The molecule has 170 valence electrons. The van der Waals surface area contributed by atoms with Crippen molar-refractivity contribution in [2.45, 2.75) is 17.1 Å². The molecule has 0 saturated heterocycles. The molecule has 3 N–H and O–H groups in total. The molecule has 0 aliphatic carbocycles. The van der Waals surface area contributed by atoms with E-state index in [9.17, 15) is 19.5 Å². The maximum atomic E-state index is 12.6. The van der Waals surface area contributed by atoms with Crippen molar-refractivity contribution >= 4 is 52.5 Å². The number of rotatable bonds is 8. The Morgan fingerprint density at radius 2 is 1.67 bits per heavy atom. The molecule has 33 heavy (non-hydrogen) atoms. The second-order valence-corrected chi connectivity index (χ2v) is 8.78. The normalized spacial score (nSPS) is 11.4. The van der Waals surface area contributed by atoms with Crippen LogP contribution in [0.5, 0.6) is 5.75 Å². The summed E-state index contributed by atoms with van der Waals surface area (Å²) in [4.78, 5) is 37.1. The van der Waals surface area contributed by atoms with Gasteiger partial charge in [0.05, 0.1) is 22.9 Å². The van der Waals surface area contributed by atoms with Crippen LogP contribution in [-0.4, -0.2) is 35.2 Å². The first kappa shape index (κ1) is 24.2. The van der Waals surface area contributed by atoms with E-state index >= 15 is 0 Å². The molecule has 2 amide bonds. The Kier molecular flexibility index (Phi) is 7.97. The molecule has 1 unspecified atom stereocenters. The van der Waals surface area contributed by atoms with Crippen LogP contribution in [0.3, 0.4) is 0 Å². The fourth-order valence-electron chi connectivity index (χ4n) is 2.86. The maximum Gasteiger partial charge on any atom is 0.337 e. The molecule has 0 fully saturated rings. The monoisotopic (exact) mass is 484 g/mol. The number of carbonyl (C=O) groups is 3. The number of amides is 2. The van der Waals surface area contributed by atoms with E-state index < -0.39 is 11.2 Å². The second kappa shape index (κ2) is 10.9. The highest BCUT2D eigenvalue weighted by molar-refractivity contribution is 8.00. The van der Waals surface area contributed by atoms with Gasteiger partial charge in [-0.15, -0.1) is 11.8 Å². The van der Waals surface area contributed by atoms with Gasteiger partial charge in [-0.1, -0.05) is 17.7 Å². The molecule has 9 heteroatoms. The van der Waals surface area contributed by atoms with E-state index in [-0.39, 0.29) is 22.4 Å². The molecule has 7 nitrogen and oxygen atoms in total. The number of ether oxygens (including phenoxy) is 1. The Bertz CT molecular complexity index is 1180. The molecule has 3 aromatic carbocycles. The minimum atomic E-state index is -1.17. The van der Waals surface area contributed by atoms with E-state index in [1.807, 2.05) is 6.07 Å². The Balaban J connectivity index is 1.63. The van der Waals surface area contributed by atoms with Crippen molar-refractivity contribution in [1.82, 2.24) is 0 Å². The first-order chi connectivity index (χ1) is 15.8. The van der Waals surface area contributed by atoms with E-state index in [1.54, 1.807) is 62.6 Å². The molecule has 0 aromatic heterocycles. The zero-order valence-corrected chi connectivity index (χ0v) is 19.4. The number of benzene rings is 3. The number of carbonyl (C=O) groups excluding carboxylic acids is 2. The molecule has 0 aliphatic heterocycles. The van der Waals surface area contributed by atoms with Gasteiger partial charge in [0.25, 0.3) is 5.91 Å². The van der Waals surface area contributed by atoms with Crippen molar-refractivity contribution in [2.75, 3.05) is 17.7 Å². The lowest BCUT2D eigenvalue weighted by Crippen LogP contribution is -2.22. The predicted octanol–water partition coefficient (Wildman–Crippen LogP) is 5.42. The standard InChI is InChI=1S/C24H21ClN2O5S/c1-14(22(28)26-17-8-11-21(25)20(13-17)24(30)31)33-19-5-3-4-16(12-19)27-23(29)15-6-9-18(32-2)10-7-15/h3-14H,1-2H3,(H,26,28)(H,27,29)(H,30,31). The number of halogens is 1. The maximum absolute atomic E-state index is 12.6. The fraction of sp³-hybridized carbons (Fsp3) is 0.125. The Morgan fingerprint density at radius 1 is 0.970 bits per heavy atom. The summed E-state index contributed by atoms with van der Waals surface area (Å²) in [6, 6.07) is 18.2. The van der Waals surface area contributed by atoms with Gasteiger partial charge in [-0.3, -0.25) is 9.59 Å². The zero-order valence-electron chi connectivity index (χ0n) is 17.8. The molecule has 0 spiro atoms. The second-order valence-electron chi connectivity index (χ2n) is 6.96. The van der Waals surface area contributed by atoms with Crippen LogP contribution in [0.2, 0.25) is 5.02 Å². The predicted molar refractivity (Wildman–Crippen MR) is 130 cm³/mol. The van der Waals surface area contributed by atoms with E-state index in [0.717, 1.165) is 4.90 Å². The summed E-state index contributed by atoms with van der Waals surface area (Å²) in [7, 11) is 1.56. The molecule has 0 saturated carbocycles. The van der Waals surface area contributed by atoms with Crippen molar-refractivity contribution < 1.29 is 24.2 Å². The van der Waals surface area contributed by atoms with Gasteiger partial charge in [-0.05, 0) is 67.6 Å². The van der Waals surface area contributed by atoms with Gasteiger partial charge < -0.3 is 20.5 Å². The van der Waals surface area contributed by atoms with Gasteiger partial charge in [0.1, 0.15) is 5.75 Å². The average Bonchev–Trinajstić information content (AvgIpc) is 2.80. The summed E-state index contributed by atoms with van der Waals surface area (Å²) >= 11 is 7.17. The molecule has 0 heterocycles. The minimum Gasteiger partial charge on any atom is -0.497 e. The molecular weight excluding hydrogens is 464 g/mol. The van der Waals surface area contributed by atoms with Gasteiger partial charge in [0.2, 0.25) is 5.91 Å². The lowest BCUT2D eigenvalue weighted by atomic mass is 10.2. The highest BCUT2D eigenvalue weighted by Gasteiger charge is 2.17. The van der Waals surface area contributed by atoms with Crippen LogP contribution in [0.1, 0.15) is 27.6 Å². The molecule has 0 bridgehead atoms. The third-order valence-corrected chi connectivity index (χ3v) is 6.01. The number of methoxy groups -OCH3 is 1. The van der Waals surface area contributed by atoms with Gasteiger partial charge in [-0.25, -0.2) is 4.79 Å². The van der Waals surface area contributed by atoms with Crippen LogP contribution in [0.4, 0.5) is 11.4 Å². The SMILES string of the molecule is COc1ccc(C(=O)Nc2cccc(SC(C)C(=O)Nc3ccc(Cl)c(C(=O)O)c3)c2)cc1. The average molecular weight is 485 g/mol. The number of hydrogen-bond acceptors (Lipinski definition) is 5. The number of aromatic carboxylic acids is 1. The summed E-state index contributed by atoms with van der Waals surface area (Å²) in [5, 5.41) is 14.3. The molecule has 1 atom stereocenters. The summed E-state index contributed by atoms with van der Waals surface area (Å²) in [5.41, 5.74) is 1.34. The number of hydrogen-bond donors (Lipinski definition) is 3. The number of carboxylic acids is 1. The van der Waals surface area contributed by atoms with E-state index in [1.165, 1.54) is 23.9 Å². The number of carboxylic acid groups (broad SMARTS) is 1. The van der Waals surface area contributed by atoms with E-state index in [4.69, 9.17) is 16.3 Å². The molecule has 0 aliphatic rings. The van der Waals surface area contributed by atoms with Crippen LogP contribution < -0.4 is 15.4 Å². The summed E-state index contributed by atoms with van der Waals surface area (Å²) in [6.45, 7) is 1.73. The third-order valence-electron chi connectivity index (χ3n) is 4.59. The van der Waals surface area contributed by atoms with Crippen LogP contribution in [0.25, 0.3) is 0 Å². The highest BCUT2D eigenvalue weighted by Crippen LogP contribution is 2.28. The highest BCUT2D eigenvalue weighted by atomic mass is 35.5. The van der Waals surface area contributed by atoms with Crippen LogP contribution in [0.15, 0.2) is 71.6 Å². The van der Waals surface area contributed by atoms with Gasteiger partial charge >= 0.3 is 5.97 Å². The van der Waals surface area contributed by atoms with Crippen LogP contribution >= 0.6 is 23.4 Å². The zero-order chi connectivity index (χ0) is 24.0. The largest absolute Gasteiger partial charge is 0.497 e. The molecule has 0 radical (unpaired) electrons. The molecular formula is C24H21ClN2O5S.